The third-order valence-corrected chi connectivity index (χ3v) is 2.92. The summed E-state index contributed by atoms with van der Waals surface area (Å²) >= 11 is 0. The fourth-order valence-corrected chi connectivity index (χ4v) is 1.91. The molecule has 7 heteroatoms. The third kappa shape index (κ3) is 5.26. The van der Waals surface area contributed by atoms with Gasteiger partial charge in [-0.2, -0.15) is 13.2 Å². The highest BCUT2D eigenvalue weighted by Gasteiger charge is 2.31. The molecule has 1 aromatic rings. The maximum atomic E-state index is 12.7. The Hall–Kier alpha value is -1.76. The number of hydrogen-bond acceptors (Lipinski definition) is 2. The van der Waals surface area contributed by atoms with Gasteiger partial charge in [-0.25, -0.2) is 4.79 Å². The van der Waals surface area contributed by atoms with Crippen LogP contribution >= 0.6 is 0 Å². The summed E-state index contributed by atoms with van der Waals surface area (Å²) < 4.78 is 38.2. The molecule has 21 heavy (non-hydrogen) atoms. The molecule has 0 spiro atoms. The van der Waals surface area contributed by atoms with Gasteiger partial charge in [-0.05, 0) is 23.6 Å². The largest absolute Gasteiger partial charge is 0.416 e. The van der Waals surface area contributed by atoms with Crippen LogP contribution < -0.4 is 10.6 Å². The van der Waals surface area contributed by atoms with Gasteiger partial charge in [0.2, 0.25) is 0 Å². The molecule has 0 aliphatic heterocycles. The highest BCUT2D eigenvalue weighted by atomic mass is 19.4. The standard InChI is InChI=1S/C14H19F3N2O2/c1-9(2)12(19-13(21)18-6-7-20)10-4-3-5-11(8-10)14(15,16)17/h3-5,8-9,12,20H,6-7H2,1-2H3,(H2,18,19,21). The Labute approximate surface area is 121 Å². The molecule has 4 nitrogen and oxygen atoms in total. The minimum absolute atomic E-state index is 0.0826. The number of rotatable bonds is 5. The number of carbonyl (C=O) groups excluding carboxylic acids is 1. The number of amides is 2. The van der Waals surface area contributed by atoms with Crippen molar-refractivity contribution >= 4 is 6.03 Å². The van der Waals surface area contributed by atoms with E-state index in [4.69, 9.17) is 5.11 Å². The highest BCUT2D eigenvalue weighted by Crippen LogP contribution is 2.32. The predicted molar refractivity (Wildman–Crippen MR) is 72.6 cm³/mol. The Bertz CT molecular complexity index is 476. The molecule has 0 aliphatic carbocycles. The van der Waals surface area contributed by atoms with E-state index in [1.54, 1.807) is 19.9 Å². The van der Waals surface area contributed by atoms with Gasteiger partial charge < -0.3 is 15.7 Å². The summed E-state index contributed by atoms with van der Waals surface area (Å²) in [6, 6.07) is 3.82. The number of hydrogen-bond donors (Lipinski definition) is 3. The van der Waals surface area contributed by atoms with Crippen LogP contribution in [0.1, 0.15) is 31.0 Å². The molecule has 118 valence electrons. The zero-order valence-electron chi connectivity index (χ0n) is 11.9. The van der Waals surface area contributed by atoms with Gasteiger partial charge in [0.25, 0.3) is 0 Å². The summed E-state index contributed by atoms with van der Waals surface area (Å²) in [6.07, 6.45) is -4.42. The molecule has 0 bridgehead atoms. The number of aliphatic hydroxyl groups excluding tert-OH is 1. The molecule has 0 aromatic heterocycles. The number of alkyl halides is 3. The molecule has 0 aliphatic rings. The fraction of sp³-hybridized carbons (Fsp3) is 0.500. The Morgan fingerprint density at radius 2 is 2.00 bits per heavy atom. The van der Waals surface area contributed by atoms with Gasteiger partial charge >= 0.3 is 12.2 Å². The summed E-state index contributed by atoms with van der Waals surface area (Å²) in [6.45, 7) is 3.48. The number of benzene rings is 1. The van der Waals surface area contributed by atoms with Crippen LogP contribution in [0.15, 0.2) is 24.3 Å². The lowest BCUT2D eigenvalue weighted by Crippen LogP contribution is -2.40. The van der Waals surface area contributed by atoms with E-state index in [0.717, 1.165) is 12.1 Å². The van der Waals surface area contributed by atoms with Crippen LogP contribution in [0.3, 0.4) is 0 Å². The molecule has 1 unspecified atom stereocenters. The van der Waals surface area contributed by atoms with Crippen LogP contribution in [0.5, 0.6) is 0 Å². The van der Waals surface area contributed by atoms with E-state index in [-0.39, 0.29) is 19.1 Å². The van der Waals surface area contributed by atoms with Gasteiger partial charge in [-0.1, -0.05) is 26.0 Å². The first kappa shape index (κ1) is 17.3. The maximum absolute atomic E-state index is 12.7. The van der Waals surface area contributed by atoms with Gasteiger partial charge in [0.1, 0.15) is 0 Å². The first-order valence-corrected chi connectivity index (χ1v) is 6.58. The predicted octanol–water partition coefficient (Wildman–Crippen LogP) is 2.69. The van der Waals surface area contributed by atoms with E-state index in [1.807, 2.05) is 0 Å². The van der Waals surface area contributed by atoms with Crippen molar-refractivity contribution in [1.82, 2.24) is 10.6 Å². The lowest BCUT2D eigenvalue weighted by atomic mass is 9.94. The third-order valence-electron chi connectivity index (χ3n) is 2.92. The van der Waals surface area contributed by atoms with E-state index in [0.29, 0.717) is 5.56 Å². The van der Waals surface area contributed by atoms with E-state index in [2.05, 4.69) is 10.6 Å². The van der Waals surface area contributed by atoms with Crippen LogP contribution in [0, 0.1) is 5.92 Å². The van der Waals surface area contributed by atoms with Gasteiger partial charge in [-0.15, -0.1) is 0 Å². The van der Waals surface area contributed by atoms with E-state index in [9.17, 15) is 18.0 Å². The average Bonchev–Trinajstić information content (AvgIpc) is 2.41. The van der Waals surface area contributed by atoms with Crippen LogP contribution in [-0.4, -0.2) is 24.3 Å². The van der Waals surface area contributed by atoms with Crippen LogP contribution in [0.25, 0.3) is 0 Å². The van der Waals surface area contributed by atoms with E-state index in [1.165, 1.54) is 6.07 Å². The zero-order chi connectivity index (χ0) is 16.0. The average molecular weight is 304 g/mol. The van der Waals surface area contributed by atoms with Crippen molar-refractivity contribution in [3.05, 3.63) is 35.4 Å². The van der Waals surface area contributed by atoms with Crippen molar-refractivity contribution in [2.75, 3.05) is 13.2 Å². The number of carbonyl (C=O) groups is 1. The van der Waals surface area contributed by atoms with Gasteiger partial charge in [0, 0.05) is 6.54 Å². The number of halogens is 3. The van der Waals surface area contributed by atoms with Crippen molar-refractivity contribution in [3.8, 4) is 0 Å². The Morgan fingerprint density at radius 3 is 2.52 bits per heavy atom. The molecule has 0 radical (unpaired) electrons. The molecule has 0 fully saturated rings. The van der Waals surface area contributed by atoms with Crippen molar-refractivity contribution in [2.24, 2.45) is 5.92 Å². The molecule has 0 saturated heterocycles. The normalized spacial score (nSPS) is 13.1. The van der Waals surface area contributed by atoms with Crippen molar-refractivity contribution in [1.29, 1.82) is 0 Å². The molecule has 3 N–H and O–H groups in total. The Balaban J connectivity index is 2.93. The minimum Gasteiger partial charge on any atom is -0.395 e. The number of aliphatic hydroxyl groups is 1. The molecule has 2 amide bonds. The SMILES string of the molecule is CC(C)C(NC(=O)NCCO)c1cccc(C(F)(F)F)c1. The van der Waals surface area contributed by atoms with Crippen LogP contribution in [-0.2, 0) is 6.18 Å². The topological polar surface area (TPSA) is 61.4 Å². The number of nitrogens with one attached hydrogen (secondary N) is 2. The zero-order valence-corrected chi connectivity index (χ0v) is 11.9. The molecular weight excluding hydrogens is 285 g/mol. The quantitative estimate of drug-likeness (QED) is 0.783. The molecule has 0 heterocycles. The smallest absolute Gasteiger partial charge is 0.395 e. The Kier molecular flexibility index (Phi) is 6.02. The van der Waals surface area contributed by atoms with Crippen LogP contribution in [0.2, 0.25) is 0 Å². The minimum atomic E-state index is -4.42. The van der Waals surface area contributed by atoms with Gasteiger partial charge in [0.15, 0.2) is 0 Å². The second-order valence-corrected chi connectivity index (χ2v) is 4.97. The first-order chi connectivity index (χ1) is 9.75. The summed E-state index contributed by atoms with van der Waals surface area (Å²) in [5, 5.41) is 13.7. The molecule has 1 aromatic carbocycles. The van der Waals surface area contributed by atoms with Crippen LogP contribution in [0.4, 0.5) is 18.0 Å². The van der Waals surface area contributed by atoms with Gasteiger partial charge in [0.05, 0.1) is 18.2 Å². The molecular formula is C14H19F3N2O2. The summed E-state index contributed by atoms with van der Waals surface area (Å²) in [5.41, 5.74) is -0.359. The van der Waals surface area contributed by atoms with Crippen molar-refractivity contribution in [2.45, 2.75) is 26.1 Å². The highest BCUT2D eigenvalue weighted by molar-refractivity contribution is 5.74. The van der Waals surface area contributed by atoms with Crippen molar-refractivity contribution < 1.29 is 23.1 Å². The fourth-order valence-electron chi connectivity index (χ4n) is 1.91. The number of urea groups is 1. The van der Waals surface area contributed by atoms with Crippen molar-refractivity contribution in [3.63, 3.8) is 0 Å². The van der Waals surface area contributed by atoms with E-state index < -0.39 is 23.8 Å². The summed E-state index contributed by atoms with van der Waals surface area (Å²) in [7, 11) is 0. The summed E-state index contributed by atoms with van der Waals surface area (Å²) in [5.74, 6) is -0.0895. The van der Waals surface area contributed by atoms with Gasteiger partial charge in [-0.3, -0.25) is 0 Å². The molecule has 1 rings (SSSR count). The first-order valence-electron chi connectivity index (χ1n) is 6.58. The maximum Gasteiger partial charge on any atom is 0.416 e. The second-order valence-electron chi connectivity index (χ2n) is 4.97. The molecule has 1 atom stereocenters. The van der Waals surface area contributed by atoms with E-state index >= 15 is 0 Å². The lowest BCUT2D eigenvalue weighted by Gasteiger charge is -2.24. The second kappa shape index (κ2) is 7.31. The Morgan fingerprint density at radius 1 is 1.33 bits per heavy atom. The molecule has 0 saturated carbocycles. The lowest BCUT2D eigenvalue weighted by molar-refractivity contribution is -0.137. The monoisotopic (exact) mass is 304 g/mol. The summed E-state index contributed by atoms with van der Waals surface area (Å²) in [4.78, 5) is 11.6.